The fourth-order valence-electron chi connectivity index (χ4n) is 2.46. The van der Waals surface area contributed by atoms with E-state index in [2.05, 4.69) is 16.0 Å². The molecule has 0 saturated heterocycles. The highest BCUT2D eigenvalue weighted by atomic mass is 35.5. The first kappa shape index (κ1) is 18.4. The topological polar surface area (TPSA) is 79.5 Å². The van der Waals surface area contributed by atoms with Gasteiger partial charge in [-0.3, -0.25) is 9.59 Å². The number of hydrogen-bond donors (Lipinski definition) is 3. The standard InChI is InChI=1S/C18H17Cl2N3O3/c1-9(17(24)22-13-5-3-4-12(19)16(13)20)21-11-6-7-15-14(8-11)23-18(25)10(2)26-15/h3-10,21H,1-2H3,(H,22,24)(H,23,25). The molecule has 0 aliphatic carbocycles. The Kier molecular flexibility index (Phi) is 5.25. The van der Waals surface area contributed by atoms with Crippen LogP contribution in [0.15, 0.2) is 36.4 Å². The lowest BCUT2D eigenvalue weighted by Gasteiger charge is -2.24. The first-order chi connectivity index (χ1) is 12.3. The molecule has 3 N–H and O–H groups in total. The van der Waals surface area contributed by atoms with Crippen molar-refractivity contribution in [2.24, 2.45) is 0 Å². The van der Waals surface area contributed by atoms with Crippen molar-refractivity contribution in [2.45, 2.75) is 26.0 Å². The van der Waals surface area contributed by atoms with Gasteiger partial charge >= 0.3 is 0 Å². The van der Waals surface area contributed by atoms with Crippen LogP contribution >= 0.6 is 23.2 Å². The molecule has 26 heavy (non-hydrogen) atoms. The summed E-state index contributed by atoms with van der Waals surface area (Å²) in [5.74, 6) is 0.0994. The van der Waals surface area contributed by atoms with E-state index >= 15 is 0 Å². The van der Waals surface area contributed by atoms with Crippen LogP contribution in [-0.4, -0.2) is 24.0 Å². The summed E-state index contributed by atoms with van der Waals surface area (Å²) < 4.78 is 5.51. The Morgan fingerprint density at radius 1 is 1.27 bits per heavy atom. The SMILES string of the molecule is CC(Nc1ccc2c(c1)NC(=O)C(C)O2)C(=O)Nc1cccc(Cl)c1Cl. The van der Waals surface area contributed by atoms with E-state index in [0.717, 1.165) is 0 Å². The molecule has 2 aromatic carbocycles. The second-order valence-electron chi connectivity index (χ2n) is 5.92. The largest absolute Gasteiger partial charge is 0.479 e. The number of hydrogen-bond acceptors (Lipinski definition) is 4. The lowest BCUT2D eigenvalue weighted by Crippen LogP contribution is -2.34. The fraction of sp³-hybridized carbons (Fsp3) is 0.222. The Morgan fingerprint density at radius 2 is 2.04 bits per heavy atom. The average molecular weight is 394 g/mol. The number of benzene rings is 2. The van der Waals surface area contributed by atoms with E-state index in [1.54, 1.807) is 50.2 Å². The van der Waals surface area contributed by atoms with Crippen LogP contribution in [0.2, 0.25) is 10.0 Å². The number of rotatable bonds is 4. The molecule has 2 aromatic rings. The number of carbonyl (C=O) groups is 2. The van der Waals surface area contributed by atoms with E-state index in [-0.39, 0.29) is 16.8 Å². The van der Waals surface area contributed by atoms with Crippen molar-refractivity contribution in [3.05, 3.63) is 46.4 Å². The highest BCUT2D eigenvalue weighted by molar-refractivity contribution is 6.44. The number of carbonyl (C=O) groups excluding carboxylic acids is 2. The minimum absolute atomic E-state index is 0.212. The van der Waals surface area contributed by atoms with Crippen LogP contribution in [0.25, 0.3) is 0 Å². The molecule has 0 saturated carbocycles. The van der Waals surface area contributed by atoms with Crippen molar-refractivity contribution in [3.8, 4) is 5.75 Å². The van der Waals surface area contributed by atoms with Gasteiger partial charge in [-0.1, -0.05) is 29.3 Å². The van der Waals surface area contributed by atoms with E-state index in [4.69, 9.17) is 27.9 Å². The Morgan fingerprint density at radius 3 is 2.81 bits per heavy atom. The van der Waals surface area contributed by atoms with Gasteiger partial charge in [0.15, 0.2) is 6.10 Å². The smallest absolute Gasteiger partial charge is 0.265 e. The lowest BCUT2D eigenvalue weighted by molar-refractivity contribution is -0.122. The Labute approximate surface area is 160 Å². The molecule has 1 aliphatic rings. The van der Waals surface area contributed by atoms with Crippen molar-refractivity contribution in [3.63, 3.8) is 0 Å². The van der Waals surface area contributed by atoms with Crippen molar-refractivity contribution in [1.82, 2.24) is 0 Å². The molecule has 136 valence electrons. The number of amides is 2. The Hall–Kier alpha value is -2.44. The fourth-order valence-corrected chi connectivity index (χ4v) is 2.80. The average Bonchev–Trinajstić information content (AvgIpc) is 2.60. The summed E-state index contributed by atoms with van der Waals surface area (Å²) in [7, 11) is 0. The minimum atomic E-state index is -0.553. The van der Waals surface area contributed by atoms with Gasteiger partial charge in [0.25, 0.3) is 5.91 Å². The molecule has 8 heteroatoms. The molecule has 0 radical (unpaired) electrons. The van der Waals surface area contributed by atoms with Crippen LogP contribution in [0.5, 0.6) is 5.75 Å². The quantitative estimate of drug-likeness (QED) is 0.728. The molecule has 2 amide bonds. The zero-order chi connectivity index (χ0) is 18.8. The molecule has 0 fully saturated rings. The van der Waals surface area contributed by atoms with Gasteiger partial charge in [-0.2, -0.15) is 0 Å². The summed E-state index contributed by atoms with van der Waals surface area (Å²) in [5.41, 5.74) is 1.67. The molecule has 0 spiro atoms. The molecule has 0 aromatic heterocycles. The monoisotopic (exact) mass is 393 g/mol. The summed E-state index contributed by atoms with van der Waals surface area (Å²) in [6, 6.07) is 9.70. The number of nitrogens with one attached hydrogen (secondary N) is 3. The lowest BCUT2D eigenvalue weighted by atomic mass is 10.2. The van der Waals surface area contributed by atoms with Crippen LogP contribution in [0.1, 0.15) is 13.8 Å². The molecule has 2 atom stereocenters. The van der Waals surface area contributed by atoms with Gasteiger partial charge in [0.2, 0.25) is 5.91 Å². The van der Waals surface area contributed by atoms with E-state index < -0.39 is 12.1 Å². The molecule has 6 nitrogen and oxygen atoms in total. The molecule has 1 heterocycles. The predicted molar refractivity (Wildman–Crippen MR) is 103 cm³/mol. The molecule has 0 bridgehead atoms. The Bertz CT molecular complexity index is 873. The van der Waals surface area contributed by atoms with Gasteiger partial charge < -0.3 is 20.7 Å². The van der Waals surface area contributed by atoms with Crippen molar-refractivity contribution in [1.29, 1.82) is 0 Å². The molecular weight excluding hydrogens is 377 g/mol. The van der Waals surface area contributed by atoms with Crippen molar-refractivity contribution in [2.75, 3.05) is 16.0 Å². The van der Waals surface area contributed by atoms with Gasteiger partial charge in [0.05, 0.1) is 21.4 Å². The van der Waals surface area contributed by atoms with E-state index in [0.29, 0.717) is 27.8 Å². The van der Waals surface area contributed by atoms with Crippen LogP contribution in [-0.2, 0) is 9.59 Å². The predicted octanol–water partition coefficient (Wildman–Crippen LogP) is 4.15. The van der Waals surface area contributed by atoms with Crippen LogP contribution in [0.3, 0.4) is 0 Å². The van der Waals surface area contributed by atoms with E-state index in [9.17, 15) is 9.59 Å². The molecular formula is C18H17Cl2N3O3. The second-order valence-corrected chi connectivity index (χ2v) is 6.70. The zero-order valence-electron chi connectivity index (χ0n) is 14.1. The van der Waals surface area contributed by atoms with E-state index in [1.165, 1.54) is 0 Å². The van der Waals surface area contributed by atoms with Gasteiger partial charge in [-0.25, -0.2) is 0 Å². The first-order valence-electron chi connectivity index (χ1n) is 7.98. The minimum Gasteiger partial charge on any atom is -0.479 e. The maximum Gasteiger partial charge on any atom is 0.265 e. The number of anilines is 3. The summed E-state index contributed by atoms with van der Waals surface area (Å²) in [6.45, 7) is 3.39. The molecule has 3 rings (SSSR count). The van der Waals surface area contributed by atoms with Crippen molar-refractivity contribution < 1.29 is 14.3 Å². The highest BCUT2D eigenvalue weighted by Gasteiger charge is 2.24. The van der Waals surface area contributed by atoms with Crippen LogP contribution in [0.4, 0.5) is 17.1 Å². The van der Waals surface area contributed by atoms with Gasteiger partial charge in [0.1, 0.15) is 11.8 Å². The van der Waals surface area contributed by atoms with Crippen LogP contribution in [0, 0.1) is 0 Å². The Balaban J connectivity index is 1.69. The number of halogens is 2. The van der Waals surface area contributed by atoms with Crippen LogP contribution < -0.4 is 20.7 Å². The molecule has 2 unspecified atom stereocenters. The third-order valence-electron chi connectivity index (χ3n) is 3.90. The normalized spacial score (nSPS) is 16.8. The number of fused-ring (bicyclic) bond motifs is 1. The summed E-state index contributed by atoms with van der Waals surface area (Å²) >= 11 is 12.0. The second kappa shape index (κ2) is 7.43. The summed E-state index contributed by atoms with van der Waals surface area (Å²) in [4.78, 5) is 24.1. The zero-order valence-corrected chi connectivity index (χ0v) is 15.6. The van der Waals surface area contributed by atoms with Gasteiger partial charge in [-0.05, 0) is 44.2 Å². The van der Waals surface area contributed by atoms with Gasteiger partial charge in [0, 0.05) is 5.69 Å². The summed E-state index contributed by atoms with van der Waals surface area (Å²) in [5, 5.41) is 9.24. The first-order valence-corrected chi connectivity index (χ1v) is 8.73. The third-order valence-corrected chi connectivity index (χ3v) is 4.72. The maximum atomic E-state index is 12.4. The summed E-state index contributed by atoms with van der Waals surface area (Å²) in [6.07, 6.45) is -0.534. The third kappa shape index (κ3) is 3.86. The maximum absolute atomic E-state index is 12.4. The van der Waals surface area contributed by atoms with Gasteiger partial charge in [-0.15, -0.1) is 0 Å². The number of ether oxygens (including phenoxy) is 1. The molecule has 1 aliphatic heterocycles. The highest BCUT2D eigenvalue weighted by Crippen LogP contribution is 2.33. The van der Waals surface area contributed by atoms with E-state index in [1.807, 2.05) is 0 Å². The van der Waals surface area contributed by atoms with Crippen molar-refractivity contribution >= 4 is 52.1 Å².